The van der Waals surface area contributed by atoms with Gasteiger partial charge >= 0.3 is 0 Å². The molecule has 0 heterocycles. The third kappa shape index (κ3) is 10.0. The average Bonchev–Trinajstić information content (AvgIpc) is 2.82. The normalized spacial score (nSPS) is 8.33. The van der Waals surface area contributed by atoms with Gasteiger partial charge in [-0.25, -0.2) is 0 Å². The molecule has 0 saturated heterocycles. The van der Waals surface area contributed by atoms with E-state index in [1.165, 1.54) is 21.7 Å². The second-order valence-electron chi connectivity index (χ2n) is 4.25. The molecule has 0 aliphatic carbocycles. The van der Waals surface area contributed by atoms with Crippen LogP contribution < -0.4 is 5.73 Å². The van der Waals surface area contributed by atoms with Crippen molar-refractivity contribution in [1.29, 1.82) is 0 Å². The first-order valence-corrected chi connectivity index (χ1v) is 11.1. The monoisotopic (exact) mass is 384 g/mol. The molecule has 0 bridgehead atoms. The predicted octanol–water partition coefficient (Wildman–Crippen LogP) is 7.44. The molecule has 0 amide bonds. The number of hydrogen-bond acceptors (Lipinski definition) is 1. The van der Waals surface area contributed by atoms with E-state index in [0.717, 1.165) is 0 Å². The summed E-state index contributed by atoms with van der Waals surface area (Å²) in [6, 6.07) is 32.2. The predicted molar refractivity (Wildman–Crippen MR) is 126 cm³/mol. The third-order valence-electron chi connectivity index (χ3n) is 2.94. The van der Waals surface area contributed by atoms with Gasteiger partial charge in [-0.1, -0.05) is 96.1 Å². The summed E-state index contributed by atoms with van der Waals surface area (Å²) in [4.78, 5) is 4.08. The van der Waals surface area contributed by atoms with Gasteiger partial charge in [0.2, 0.25) is 0 Å². The molecule has 0 atom stereocenters. The van der Waals surface area contributed by atoms with Gasteiger partial charge in [0.15, 0.2) is 14.7 Å². The zero-order valence-corrected chi connectivity index (χ0v) is 19.0. The summed E-state index contributed by atoms with van der Waals surface area (Å²) < 4.78 is 0. The van der Waals surface area contributed by atoms with Crippen LogP contribution in [0, 0.1) is 0 Å². The van der Waals surface area contributed by atoms with E-state index in [-0.39, 0.29) is 10.9 Å². The Labute approximate surface area is 171 Å². The highest BCUT2D eigenvalue weighted by Crippen LogP contribution is 2.30. The number of benzene rings is 3. The van der Waals surface area contributed by atoms with Gasteiger partial charge in [0.05, 0.1) is 10.9 Å². The summed E-state index contributed by atoms with van der Waals surface area (Å²) in [6.45, 7) is 12.0. The van der Waals surface area contributed by atoms with Gasteiger partial charge in [-0.05, 0) is 43.4 Å². The van der Waals surface area contributed by atoms with Gasteiger partial charge in [0.25, 0.3) is 0 Å². The Morgan fingerprint density at radius 2 is 0.593 bits per heavy atom. The van der Waals surface area contributed by atoms with Crippen LogP contribution in [-0.4, -0.2) is 7.05 Å². The Hall–Kier alpha value is -2.03. The summed E-state index contributed by atoms with van der Waals surface area (Å²) >= 11 is 0. The molecule has 148 valence electrons. The van der Waals surface area contributed by atoms with Gasteiger partial charge in [-0.2, -0.15) is 0 Å². The highest BCUT2D eigenvalue weighted by atomic mass is 32.2. The standard InChI is InChI=1S/C18H15S.3C2H6.CH5N/c1-4-10-16(11-5-1)19(17-12-6-2-7-13-17)18-14-8-3-9-15-18;4*1-2/h1-15H;3*1-2H3;2H2,1H3/q+1;;;;. The van der Waals surface area contributed by atoms with Crippen LogP contribution in [0.1, 0.15) is 41.5 Å². The second kappa shape index (κ2) is 20.3. The minimum absolute atomic E-state index is 0.0146. The number of hydrogen-bond donors (Lipinski definition) is 1. The molecule has 0 saturated carbocycles. The van der Waals surface area contributed by atoms with Gasteiger partial charge in [0, 0.05) is 0 Å². The first kappa shape index (κ1) is 27.2. The van der Waals surface area contributed by atoms with Crippen LogP contribution in [-0.2, 0) is 10.9 Å². The van der Waals surface area contributed by atoms with E-state index >= 15 is 0 Å². The van der Waals surface area contributed by atoms with Crippen molar-refractivity contribution in [2.75, 3.05) is 7.05 Å². The SMILES string of the molecule is CC.CC.CC.CN.c1ccc([S+](c2ccccc2)c2ccccc2)cc1. The van der Waals surface area contributed by atoms with E-state index in [9.17, 15) is 0 Å². The molecule has 27 heavy (non-hydrogen) atoms. The minimum Gasteiger partial charge on any atom is -0.333 e. The molecule has 0 spiro atoms. The fourth-order valence-electron chi connectivity index (χ4n) is 2.08. The molecule has 0 aliphatic heterocycles. The van der Waals surface area contributed by atoms with Crippen molar-refractivity contribution in [2.45, 2.75) is 56.2 Å². The maximum Gasteiger partial charge on any atom is 0.166 e. The maximum atomic E-state index is 4.50. The fraction of sp³-hybridized carbons (Fsp3) is 0.280. The van der Waals surface area contributed by atoms with Crippen LogP contribution in [0.4, 0.5) is 0 Å². The minimum atomic E-state index is -0.0146. The second-order valence-corrected chi connectivity index (χ2v) is 6.27. The van der Waals surface area contributed by atoms with Crippen molar-refractivity contribution in [3.8, 4) is 0 Å². The molecule has 0 aromatic heterocycles. The first-order valence-electron chi connectivity index (χ1n) is 9.92. The molecular formula is C25H38NS+. The van der Waals surface area contributed by atoms with Crippen LogP contribution in [0.2, 0.25) is 0 Å². The van der Waals surface area contributed by atoms with E-state index in [4.69, 9.17) is 0 Å². The van der Waals surface area contributed by atoms with Crippen molar-refractivity contribution >= 4 is 10.9 Å². The van der Waals surface area contributed by atoms with E-state index < -0.39 is 0 Å². The molecule has 3 rings (SSSR count). The van der Waals surface area contributed by atoms with Crippen molar-refractivity contribution < 1.29 is 0 Å². The zero-order chi connectivity index (χ0) is 20.9. The molecular weight excluding hydrogens is 346 g/mol. The number of nitrogens with two attached hydrogens (primary N) is 1. The molecule has 1 nitrogen and oxygen atoms in total. The van der Waals surface area contributed by atoms with E-state index in [2.05, 4.69) is 96.7 Å². The summed E-state index contributed by atoms with van der Waals surface area (Å²) in [7, 11) is 1.49. The first-order chi connectivity index (χ1) is 13.4. The van der Waals surface area contributed by atoms with Gasteiger partial charge < -0.3 is 5.73 Å². The third-order valence-corrected chi connectivity index (χ3v) is 5.17. The molecule has 0 radical (unpaired) electrons. The maximum absolute atomic E-state index is 4.50. The zero-order valence-electron chi connectivity index (χ0n) is 18.1. The summed E-state index contributed by atoms with van der Waals surface area (Å²) in [5.74, 6) is 0. The lowest BCUT2D eigenvalue weighted by molar-refractivity contribution is 1.32. The van der Waals surface area contributed by atoms with E-state index in [1.54, 1.807) is 0 Å². The van der Waals surface area contributed by atoms with E-state index in [1.807, 2.05) is 41.5 Å². The number of rotatable bonds is 3. The van der Waals surface area contributed by atoms with Crippen LogP contribution in [0.15, 0.2) is 106 Å². The Kier molecular flexibility index (Phi) is 20.4. The lowest BCUT2D eigenvalue weighted by Gasteiger charge is -2.07. The average molecular weight is 385 g/mol. The Morgan fingerprint density at radius 1 is 0.407 bits per heavy atom. The molecule has 0 aliphatic rings. The molecule has 2 N–H and O–H groups in total. The largest absolute Gasteiger partial charge is 0.333 e. The Balaban J connectivity index is 0. The summed E-state index contributed by atoms with van der Waals surface area (Å²) in [5.41, 5.74) is 4.50. The van der Waals surface area contributed by atoms with Crippen molar-refractivity contribution in [1.82, 2.24) is 0 Å². The quantitative estimate of drug-likeness (QED) is 0.467. The fourth-order valence-corrected chi connectivity index (χ4v) is 4.18. The summed E-state index contributed by atoms with van der Waals surface area (Å²) in [6.07, 6.45) is 0. The van der Waals surface area contributed by atoms with E-state index in [0.29, 0.717) is 0 Å². The highest BCUT2D eigenvalue weighted by Gasteiger charge is 2.27. The Bertz CT molecular complexity index is 530. The molecule has 3 aromatic rings. The Morgan fingerprint density at radius 3 is 0.778 bits per heavy atom. The van der Waals surface area contributed by atoms with Crippen LogP contribution >= 0.6 is 0 Å². The van der Waals surface area contributed by atoms with Crippen molar-refractivity contribution in [3.63, 3.8) is 0 Å². The van der Waals surface area contributed by atoms with Gasteiger partial charge in [-0.15, -0.1) is 0 Å². The highest BCUT2D eigenvalue weighted by molar-refractivity contribution is 7.97. The molecule has 2 heteroatoms. The van der Waals surface area contributed by atoms with Gasteiger partial charge in [0.1, 0.15) is 0 Å². The molecule has 0 unspecified atom stereocenters. The summed E-state index contributed by atoms with van der Waals surface area (Å²) in [5, 5.41) is 0. The molecule has 0 fully saturated rings. The molecule has 3 aromatic carbocycles. The topological polar surface area (TPSA) is 26.0 Å². The van der Waals surface area contributed by atoms with Crippen LogP contribution in [0.3, 0.4) is 0 Å². The lowest BCUT2D eigenvalue weighted by Crippen LogP contribution is -2.04. The van der Waals surface area contributed by atoms with Crippen LogP contribution in [0.5, 0.6) is 0 Å². The van der Waals surface area contributed by atoms with Crippen molar-refractivity contribution in [2.24, 2.45) is 5.73 Å². The van der Waals surface area contributed by atoms with Crippen molar-refractivity contribution in [3.05, 3.63) is 91.0 Å². The van der Waals surface area contributed by atoms with Crippen LogP contribution in [0.25, 0.3) is 0 Å². The van der Waals surface area contributed by atoms with Gasteiger partial charge in [-0.3, -0.25) is 0 Å². The lowest BCUT2D eigenvalue weighted by atomic mass is 10.4. The smallest absolute Gasteiger partial charge is 0.166 e.